The second-order valence-corrected chi connectivity index (χ2v) is 2.18. The zero-order valence-corrected chi connectivity index (χ0v) is 5.47. The van der Waals surface area contributed by atoms with Crippen LogP contribution in [0, 0.1) is 5.82 Å². The maximum atomic E-state index is 12.8. The SMILES string of the molecule is O=C1[N]c2cccc(F)c2N1. The van der Waals surface area contributed by atoms with Crippen molar-refractivity contribution < 1.29 is 9.18 Å². The number of hydrogen-bond donors (Lipinski definition) is 1. The lowest BCUT2D eigenvalue weighted by Gasteiger charge is -1.94. The van der Waals surface area contributed by atoms with Gasteiger partial charge < -0.3 is 5.32 Å². The lowest BCUT2D eigenvalue weighted by Crippen LogP contribution is -2.08. The number of rotatable bonds is 0. The zero-order valence-electron chi connectivity index (χ0n) is 5.47. The Morgan fingerprint density at radius 1 is 1.45 bits per heavy atom. The smallest absolute Gasteiger partial charge is 0.302 e. The summed E-state index contributed by atoms with van der Waals surface area (Å²) in [4.78, 5) is 10.6. The van der Waals surface area contributed by atoms with Gasteiger partial charge in [0.05, 0.1) is 5.69 Å². The molecule has 1 aliphatic heterocycles. The van der Waals surface area contributed by atoms with Crippen molar-refractivity contribution >= 4 is 17.4 Å². The Morgan fingerprint density at radius 2 is 2.27 bits per heavy atom. The van der Waals surface area contributed by atoms with Gasteiger partial charge in [0.1, 0.15) is 11.5 Å². The van der Waals surface area contributed by atoms with E-state index in [1.807, 2.05) is 0 Å². The highest BCUT2D eigenvalue weighted by atomic mass is 19.1. The molecule has 1 aliphatic rings. The molecule has 4 heteroatoms. The summed E-state index contributed by atoms with van der Waals surface area (Å²) in [6.45, 7) is 0. The Morgan fingerprint density at radius 3 is 3.00 bits per heavy atom. The van der Waals surface area contributed by atoms with Gasteiger partial charge in [-0.3, -0.25) is 0 Å². The summed E-state index contributed by atoms with van der Waals surface area (Å²) in [6.07, 6.45) is 0. The molecule has 55 valence electrons. The molecule has 0 aliphatic carbocycles. The number of amides is 2. The third kappa shape index (κ3) is 0.832. The highest BCUT2D eigenvalue weighted by molar-refractivity contribution is 6.02. The topological polar surface area (TPSA) is 43.2 Å². The molecule has 2 amide bonds. The molecule has 2 rings (SSSR count). The fraction of sp³-hybridized carbons (Fsp3) is 0. The van der Waals surface area contributed by atoms with E-state index in [0.717, 1.165) is 0 Å². The number of para-hydroxylation sites is 1. The van der Waals surface area contributed by atoms with Crippen molar-refractivity contribution in [3.63, 3.8) is 0 Å². The van der Waals surface area contributed by atoms with Crippen LogP contribution in [0.5, 0.6) is 0 Å². The molecule has 0 fully saturated rings. The van der Waals surface area contributed by atoms with Crippen molar-refractivity contribution in [1.29, 1.82) is 0 Å². The van der Waals surface area contributed by atoms with E-state index in [2.05, 4.69) is 10.6 Å². The molecule has 3 nitrogen and oxygen atoms in total. The fourth-order valence-corrected chi connectivity index (χ4v) is 0.974. The van der Waals surface area contributed by atoms with Gasteiger partial charge in [0.25, 0.3) is 0 Å². The van der Waals surface area contributed by atoms with E-state index in [4.69, 9.17) is 0 Å². The molecule has 0 atom stereocenters. The summed E-state index contributed by atoms with van der Waals surface area (Å²) in [5, 5.41) is 5.81. The number of halogens is 1. The molecule has 0 spiro atoms. The van der Waals surface area contributed by atoms with Gasteiger partial charge in [0, 0.05) is 0 Å². The number of anilines is 1. The van der Waals surface area contributed by atoms with Gasteiger partial charge in [-0.2, -0.15) is 5.32 Å². The lowest BCUT2D eigenvalue weighted by atomic mass is 10.3. The van der Waals surface area contributed by atoms with Crippen LogP contribution in [0.1, 0.15) is 0 Å². The molecule has 1 heterocycles. The van der Waals surface area contributed by atoms with E-state index < -0.39 is 11.8 Å². The van der Waals surface area contributed by atoms with Crippen molar-refractivity contribution in [2.75, 3.05) is 5.32 Å². The maximum absolute atomic E-state index is 12.8. The van der Waals surface area contributed by atoms with Crippen molar-refractivity contribution in [3.05, 3.63) is 24.0 Å². The van der Waals surface area contributed by atoms with E-state index in [0.29, 0.717) is 5.69 Å². The van der Waals surface area contributed by atoms with E-state index in [9.17, 15) is 9.18 Å². The van der Waals surface area contributed by atoms with Crippen LogP contribution in [0.15, 0.2) is 18.2 Å². The number of fused-ring (bicyclic) bond motifs is 1. The average Bonchev–Trinajstić information content (AvgIpc) is 2.31. The first-order valence-corrected chi connectivity index (χ1v) is 3.08. The van der Waals surface area contributed by atoms with Gasteiger partial charge >= 0.3 is 6.03 Å². The van der Waals surface area contributed by atoms with Crippen LogP contribution in [0.2, 0.25) is 0 Å². The molecule has 11 heavy (non-hydrogen) atoms. The van der Waals surface area contributed by atoms with Crippen LogP contribution in [-0.4, -0.2) is 6.03 Å². The predicted molar refractivity (Wildman–Crippen MR) is 37.2 cm³/mol. The summed E-state index contributed by atoms with van der Waals surface area (Å²) in [7, 11) is 0. The molecule has 0 saturated carbocycles. The number of carbonyl (C=O) groups is 1. The minimum Gasteiger partial charge on any atom is -0.302 e. The number of benzene rings is 1. The monoisotopic (exact) mass is 151 g/mol. The van der Waals surface area contributed by atoms with Crippen LogP contribution in [-0.2, 0) is 0 Å². The van der Waals surface area contributed by atoms with Gasteiger partial charge in [-0.15, -0.1) is 0 Å². The molecular formula is C7H4FN2O. The second-order valence-electron chi connectivity index (χ2n) is 2.18. The third-order valence-corrected chi connectivity index (χ3v) is 1.45. The summed E-state index contributed by atoms with van der Waals surface area (Å²) < 4.78 is 12.8. The highest BCUT2D eigenvalue weighted by Gasteiger charge is 2.21. The van der Waals surface area contributed by atoms with Crippen LogP contribution < -0.4 is 10.6 Å². The fourth-order valence-electron chi connectivity index (χ4n) is 0.974. The van der Waals surface area contributed by atoms with E-state index >= 15 is 0 Å². The molecule has 1 aromatic rings. The summed E-state index contributed by atoms with van der Waals surface area (Å²) >= 11 is 0. The minimum atomic E-state index is -0.509. The lowest BCUT2D eigenvalue weighted by molar-refractivity contribution is 0.256. The van der Waals surface area contributed by atoms with Crippen LogP contribution in [0.25, 0.3) is 0 Å². The van der Waals surface area contributed by atoms with E-state index in [1.54, 1.807) is 6.07 Å². The molecule has 1 radical (unpaired) electrons. The number of nitrogens with one attached hydrogen (secondary N) is 1. The molecule has 0 aromatic heterocycles. The third-order valence-electron chi connectivity index (χ3n) is 1.45. The highest BCUT2D eigenvalue weighted by Crippen LogP contribution is 2.29. The van der Waals surface area contributed by atoms with Crippen molar-refractivity contribution in [2.45, 2.75) is 0 Å². The van der Waals surface area contributed by atoms with E-state index in [1.165, 1.54) is 12.1 Å². The van der Waals surface area contributed by atoms with Gasteiger partial charge in [-0.25, -0.2) is 9.18 Å². The first kappa shape index (κ1) is 6.15. The number of nitrogens with zero attached hydrogens (tertiary/aromatic N) is 1. The van der Waals surface area contributed by atoms with E-state index in [-0.39, 0.29) is 5.69 Å². The van der Waals surface area contributed by atoms with Crippen LogP contribution in [0.4, 0.5) is 20.6 Å². The predicted octanol–water partition coefficient (Wildman–Crippen LogP) is 1.61. The molecular weight excluding hydrogens is 147 g/mol. The molecule has 1 N–H and O–H groups in total. The summed E-state index contributed by atoms with van der Waals surface area (Å²) in [6, 6.07) is 3.86. The minimum absolute atomic E-state index is 0.178. The Labute approximate surface area is 62.2 Å². The average molecular weight is 151 g/mol. The maximum Gasteiger partial charge on any atom is 0.346 e. The molecule has 1 aromatic carbocycles. The molecule has 0 saturated heterocycles. The number of hydrogen-bond acceptors (Lipinski definition) is 1. The normalized spacial score (nSPS) is 13.7. The van der Waals surface area contributed by atoms with Gasteiger partial charge in [0.2, 0.25) is 0 Å². The molecule has 0 unspecified atom stereocenters. The summed E-state index contributed by atoms with van der Waals surface area (Å²) in [5.41, 5.74) is 0.549. The number of urea groups is 1. The first-order chi connectivity index (χ1) is 5.27. The quantitative estimate of drug-likeness (QED) is 0.601. The number of carbonyl (C=O) groups excluding carboxylic acids is 1. The van der Waals surface area contributed by atoms with Crippen molar-refractivity contribution in [2.24, 2.45) is 0 Å². The standard InChI is InChI=1S/C7H4FN2O/c8-4-2-1-3-5-6(4)10-7(11)9-5/h1-3H,(H,10,11). The Balaban J connectivity index is 2.57. The van der Waals surface area contributed by atoms with Gasteiger partial charge in [0.15, 0.2) is 0 Å². The Bertz CT molecular complexity index is 324. The van der Waals surface area contributed by atoms with Gasteiger partial charge in [-0.05, 0) is 12.1 Å². The Hall–Kier alpha value is -1.58. The van der Waals surface area contributed by atoms with Crippen LogP contribution >= 0.6 is 0 Å². The first-order valence-electron chi connectivity index (χ1n) is 3.08. The van der Waals surface area contributed by atoms with Crippen molar-refractivity contribution in [1.82, 2.24) is 5.32 Å². The van der Waals surface area contributed by atoms with Gasteiger partial charge in [-0.1, -0.05) is 6.07 Å². The molecule has 0 bridgehead atoms. The van der Waals surface area contributed by atoms with Crippen LogP contribution in [0.3, 0.4) is 0 Å². The van der Waals surface area contributed by atoms with Crippen molar-refractivity contribution in [3.8, 4) is 0 Å². The Kier molecular flexibility index (Phi) is 1.09. The summed E-state index contributed by atoms with van der Waals surface area (Å²) in [5.74, 6) is -0.447. The largest absolute Gasteiger partial charge is 0.346 e. The second kappa shape index (κ2) is 1.95. The zero-order chi connectivity index (χ0) is 7.84.